The van der Waals surface area contributed by atoms with Crippen molar-refractivity contribution in [3.8, 4) is 5.69 Å². The first kappa shape index (κ1) is 16.5. The maximum atomic E-state index is 6.46. The van der Waals surface area contributed by atoms with Crippen LogP contribution in [-0.2, 0) is 13.1 Å². The maximum Gasteiger partial charge on any atom is 0.135 e. The fourth-order valence-electron chi connectivity index (χ4n) is 3.15. The Morgan fingerprint density at radius 2 is 2.04 bits per heavy atom. The quantitative estimate of drug-likeness (QED) is 0.690. The second-order valence-corrected chi connectivity index (χ2v) is 7.16. The molecular weight excluding hydrogens is 400 g/mol. The van der Waals surface area contributed by atoms with Gasteiger partial charge in [-0.05, 0) is 31.3 Å². The third-order valence-corrected chi connectivity index (χ3v) is 5.05. The number of imidazole rings is 1. The highest BCUT2D eigenvalue weighted by atomic mass is 79.9. The van der Waals surface area contributed by atoms with Crippen molar-refractivity contribution < 1.29 is 0 Å². The van der Waals surface area contributed by atoms with E-state index < -0.39 is 0 Å². The van der Waals surface area contributed by atoms with E-state index in [-0.39, 0.29) is 0 Å². The minimum Gasteiger partial charge on any atom is -0.314 e. The van der Waals surface area contributed by atoms with Crippen molar-refractivity contribution in [2.24, 2.45) is 4.99 Å². The van der Waals surface area contributed by atoms with E-state index in [1.54, 1.807) is 0 Å². The average Bonchev–Trinajstić information content (AvgIpc) is 2.92. The highest BCUT2D eigenvalue weighted by Crippen LogP contribution is 2.30. The van der Waals surface area contributed by atoms with Crippen LogP contribution in [0.1, 0.15) is 22.6 Å². The highest BCUT2D eigenvalue weighted by Gasteiger charge is 2.22. The molecule has 0 fully saturated rings. The number of hydrogen-bond donors (Lipinski definition) is 1. The van der Waals surface area contributed by atoms with Crippen LogP contribution in [0.25, 0.3) is 5.69 Å². The van der Waals surface area contributed by atoms with Gasteiger partial charge in [0, 0.05) is 27.2 Å². The molecule has 0 saturated carbocycles. The van der Waals surface area contributed by atoms with Gasteiger partial charge in [-0.15, -0.1) is 0 Å². The molecule has 0 unspecified atom stereocenters. The van der Waals surface area contributed by atoms with Crippen molar-refractivity contribution in [3.63, 3.8) is 0 Å². The molecule has 1 aliphatic rings. The number of nitrogens with one attached hydrogen (secondary N) is 1. The molecule has 0 bridgehead atoms. The molecule has 0 spiro atoms. The Kier molecular flexibility index (Phi) is 4.46. The Morgan fingerprint density at radius 1 is 1.20 bits per heavy atom. The van der Waals surface area contributed by atoms with Gasteiger partial charge in [-0.25, -0.2) is 4.98 Å². The first-order chi connectivity index (χ1) is 12.2. The number of halogens is 2. The van der Waals surface area contributed by atoms with E-state index in [0.717, 1.165) is 45.1 Å². The lowest BCUT2D eigenvalue weighted by atomic mass is 10.0. The number of nitrogens with zero attached hydrogens (tertiary/aromatic N) is 3. The largest absolute Gasteiger partial charge is 0.314 e. The summed E-state index contributed by atoms with van der Waals surface area (Å²) in [4.78, 5) is 9.44. The zero-order valence-electron chi connectivity index (χ0n) is 13.6. The summed E-state index contributed by atoms with van der Waals surface area (Å²) in [5.41, 5.74) is 5.04. The minimum absolute atomic E-state index is 0.510. The van der Waals surface area contributed by atoms with Crippen molar-refractivity contribution >= 4 is 33.2 Å². The lowest BCUT2D eigenvalue weighted by Gasteiger charge is -2.15. The minimum atomic E-state index is 0.510. The van der Waals surface area contributed by atoms with Crippen LogP contribution >= 0.6 is 27.5 Å². The van der Waals surface area contributed by atoms with E-state index in [2.05, 4.69) is 42.9 Å². The van der Waals surface area contributed by atoms with Crippen LogP contribution in [0.15, 0.2) is 58.1 Å². The number of rotatable bonds is 3. The van der Waals surface area contributed by atoms with Crippen molar-refractivity contribution in [1.82, 2.24) is 14.9 Å². The van der Waals surface area contributed by atoms with Gasteiger partial charge in [-0.3, -0.25) is 9.56 Å². The Labute approximate surface area is 159 Å². The van der Waals surface area contributed by atoms with Crippen molar-refractivity contribution in [3.05, 3.63) is 80.8 Å². The summed E-state index contributed by atoms with van der Waals surface area (Å²) in [6.45, 7) is 1.25. The molecule has 1 N–H and O–H groups in total. The summed E-state index contributed by atoms with van der Waals surface area (Å²) in [7, 11) is 1.94. The first-order valence-corrected chi connectivity index (χ1v) is 9.16. The average molecular weight is 416 g/mol. The van der Waals surface area contributed by atoms with Gasteiger partial charge >= 0.3 is 0 Å². The molecule has 4 nitrogen and oxygen atoms in total. The summed E-state index contributed by atoms with van der Waals surface area (Å²) < 4.78 is 3.19. The Bertz CT molecular complexity index is 977. The van der Waals surface area contributed by atoms with Gasteiger partial charge in [0.25, 0.3) is 0 Å². The van der Waals surface area contributed by atoms with Crippen LogP contribution in [0.3, 0.4) is 0 Å². The predicted molar refractivity (Wildman–Crippen MR) is 105 cm³/mol. The molecule has 0 aliphatic carbocycles. The second-order valence-electron chi connectivity index (χ2n) is 5.84. The molecule has 0 amide bonds. The first-order valence-electron chi connectivity index (χ1n) is 7.99. The molecule has 25 heavy (non-hydrogen) atoms. The van der Waals surface area contributed by atoms with Gasteiger partial charge in [0.05, 0.1) is 29.8 Å². The smallest absolute Gasteiger partial charge is 0.135 e. The SMILES string of the molecule is CNCc1cnc2n1-c1ccc(Br)cc1C(c1ccccc1Cl)=NC2. The van der Waals surface area contributed by atoms with E-state index >= 15 is 0 Å². The lowest BCUT2D eigenvalue weighted by Crippen LogP contribution is -2.13. The maximum absolute atomic E-state index is 6.46. The van der Waals surface area contributed by atoms with Gasteiger partial charge in [0.15, 0.2) is 0 Å². The Hall–Kier alpha value is -1.95. The molecular formula is C19H16BrClN4. The van der Waals surface area contributed by atoms with Crippen molar-refractivity contribution in [2.75, 3.05) is 7.05 Å². The summed E-state index contributed by atoms with van der Waals surface area (Å²) in [5.74, 6) is 0.927. The fraction of sp³-hybridized carbons (Fsp3) is 0.158. The van der Waals surface area contributed by atoms with Crippen LogP contribution in [0, 0.1) is 0 Å². The van der Waals surface area contributed by atoms with E-state index in [1.807, 2.05) is 43.6 Å². The molecule has 0 atom stereocenters. The summed E-state index contributed by atoms with van der Waals surface area (Å²) in [5, 5.41) is 3.90. The van der Waals surface area contributed by atoms with Crippen molar-refractivity contribution in [1.29, 1.82) is 0 Å². The highest BCUT2D eigenvalue weighted by molar-refractivity contribution is 9.10. The van der Waals surface area contributed by atoms with E-state index in [1.165, 1.54) is 0 Å². The van der Waals surface area contributed by atoms with Crippen molar-refractivity contribution in [2.45, 2.75) is 13.1 Å². The number of benzene rings is 2. The monoisotopic (exact) mass is 414 g/mol. The van der Waals surface area contributed by atoms with Gasteiger partial charge in [-0.1, -0.05) is 45.7 Å². The Balaban J connectivity index is 1.98. The van der Waals surface area contributed by atoms with Gasteiger partial charge < -0.3 is 5.32 Å². The topological polar surface area (TPSA) is 42.2 Å². The summed E-state index contributed by atoms with van der Waals surface area (Å²) in [6.07, 6.45) is 1.91. The van der Waals surface area contributed by atoms with Gasteiger partial charge in [0.1, 0.15) is 5.82 Å². The second kappa shape index (κ2) is 6.75. The summed E-state index contributed by atoms with van der Waals surface area (Å²) >= 11 is 10.0. The zero-order valence-corrected chi connectivity index (χ0v) is 16.0. The molecule has 2 heterocycles. The van der Waals surface area contributed by atoms with Crippen LogP contribution in [0.2, 0.25) is 5.02 Å². The van der Waals surface area contributed by atoms with Crippen LogP contribution in [0.4, 0.5) is 0 Å². The van der Waals surface area contributed by atoms with Crippen LogP contribution < -0.4 is 5.32 Å². The third kappa shape index (κ3) is 2.92. The molecule has 0 saturated heterocycles. The van der Waals surface area contributed by atoms with E-state index in [4.69, 9.17) is 16.6 Å². The number of aliphatic imine (C=N–C) groups is 1. The van der Waals surface area contributed by atoms with E-state index in [0.29, 0.717) is 11.6 Å². The number of hydrogen-bond acceptors (Lipinski definition) is 3. The standard InChI is InChI=1S/C19H16BrClN4/c1-22-9-13-10-23-18-11-24-19(14-4-2-3-5-16(14)21)15-8-12(20)6-7-17(15)25(13)18/h2-8,10,22H,9,11H2,1H3. The number of aromatic nitrogens is 2. The molecule has 0 radical (unpaired) electrons. The zero-order chi connectivity index (χ0) is 17.4. The Morgan fingerprint density at radius 3 is 2.84 bits per heavy atom. The lowest BCUT2D eigenvalue weighted by molar-refractivity contribution is 0.751. The fourth-order valence-corrected chi connectivity index (χ4v) is 3.74. The van der Waals surface area contributed by atoms with E-state index in [9.17, 15) is 0 Å². The third-order valence-electron chi connectivity index (χ3n) is 4.23. The molecule has 1 aromatic heterocycles. The molecule has 126 valence electrons. The molecule has 3 aromatic rings. The summed E-state index contributed by atoms with van der Waals surface area (Å²) in [6, 6.07) is 14.1. The molecule has 2 aromatic carbocycles. The molecule has 6 heteroatoms. The van der Waals surface area contributed by atoms with Gasteiger partial charge in [-0.2, -0.15) is 0 Å². The molecule has 1 aliphatic heterocycles. The van der Waals surface area contributed by atoms with Crippen LogP contribution in [0.5, 0.6) is 0 Å². The molecule has 4 rings (SSSR count). The number of fused-ring (bicyclic) bond motifs is 3. The predicted octanol–water partition coefficient (Wildman–Crippen LogP) is 4.36. The van der Waals surface area contributed by atoms with Gasteiger partial charge in [0.2, 0.25) is 0 Å². The normalized spacial score (nSPS) is 13.0. The van der Waals surface area contributed by atoms with Crippen LogP contribution in [-0.4, -0.2) is 22.3 Å².